The van der Waals surface area contributed by atoms with Crippen LogP contribution in [-0.4, -0.2) is 10.1 Å². The van der Waals surface area contributed by atoms with Crippen LogP contribution in [0.4, 0.5) is 13.2 Å². The van der Waals surface area contributed by atoms with Gasteiger partial charge < -0.3 is 0 Å². The van der Waals surface area contributed by atoms with Gasteiger partial charge in [0.2, 0.25) is 0 Å². The van der Waals surface area contributed by atoms with Crippen molar-refractivity contribution < 1.29 is 26.1 Å². The molecule has 0 bridgehead atoms. The van der Waals surface area contributed by atoms with Gasteiger partial charge in [-0.1, -0.05) is 13.8 Å². The summed E-state index contributed by atoms with van der Waals surface area (Å²) < 4.78 is 61.3. The van der Waals surface area contributed by atoms with Gasteiger partial charge in [-0.2, -0.15) is 0 Å². The molecule has 1 unspecified atom stereocenters. The van der Waals surface area contributed by atoms with E-state index in [1.807, 2.05) is 0 Å². The van der Waals surface area contributed by atoms with Gasteiger partial charge in [0, 0.05) is 5.41 Å². The predicted molar refractivity (Wildman–Crippen MR) is 58.2 cm³/mol. The highest BCUT2D eigenvalue weighted by atomic mass is 32.3. The first-order valence-electron chi connectivity index (χ1n) is 5.20. The second-order valence-electron chi connectivity index (χ2n) is 4.85. The molecule has 0 radical (unpaired) electrons. The van der Waals surface area contributed by atoms with Crippen LogP contribution >= 0.6 is 0 Å². The fraction of sp³-hybridized carbons (Fsp3) is 0.800. The molecule has 17 heavy (non-hydrogen) atoms. The molecule has 0 aromatic carbocycles. The number of allylic oxidation sites excluding steroid dienone is 2. The Kier molecular flexibility index (Phi) is 3.65. The fourth-order valence-electron chi connectivity index (χ4n) is 1.94. The van der Waals surface area contributed by atoms with E-state index in [1.54, 1.807) is 20.8 Å². The summed E-state index contributed by atoms with van der Waals surface area (Å²) in [4.78, 5) is 0. The molecule has 7 heteroatoms. The molecule has 3 nitrogen and oxygen atoms in total. The first-order chi connectivity index (χ1) is 7.47. The van der Waals surface area contributed by atoms with E-state index >= 15 is 0 Å². The largest absolute Gasteiger partial charge is 0.650 e. The molecule has 0 aromatic heterocycles. The van der Waals surface area contributed by atoms with Crippen molar-refractivity contribution in [3.05, 3.63) is 11.3 Å². The highest BCUT2D eigenvalue weighted by molar-refractivity contribution is 7.94. The van der Waals surface area contributed by atoms with Gasteiger partial charge in [-0.25, -0.2) is 4.18 Å². The van der Waals surface area contributed by atoms with Crippen molar-refractivity contribution >= 4 is 10.5 Å². The average Bonchev–Trinajstić information content (AvgIpc) is 2.09. The Morgan fingerprint density at radius 1 is 1.41 bits per heavy atom. The molecular formula is C10H16F3O3S+. The van der Waals surface area contributed by atoms with Crippen molar-refractivity contribution in [2.75, 3.05) is 0 Å². The summed E-state index contributed by atoms with van der Waals surface area (Å²) >= 11 is 0. The van der Waals surface area contributed by atoms with E-state index in [9.17, 15) is 17.4 Å². The zero-order valence-electron chi connectivity index (χ0n) is 9.93. The van der Waals surface area contributed by atoms with Crippen molar-refractivity contribution in [1.82, 2.24) is 0 Å². The molecule has 1 atom stereocenters. The van der Waals surface area contributed by atoms with Gasteiger partial charge in [0.25, 0.3) is 0 Å². The second kappa shape index (κ2) is 4.28. The molecule has 0 aromatic rings. The van der Waals surface area contributed by atoms with Crippen LogP contribution in [0.3, 0.4) is 0 Å². The van der Waals surface area contributed by atoms with E-state index in [1.165, 1.54) is 0 Å². The first-order valence-corrected chi connectivity index (χ1v) is 6.64. The molecule has 0 amide bonds. The zero-order chi connectivity index (χ0) is 13.5. The van der Waals surface area contributed by atoms with Gasteiger partial charge in [-0.05, 0) is 36.0 Å². The van der Waals surface area contributed by atoms with E-state index in [2.05, 4.69) is 4.18 Å². The molecule has 1 aliphatic rings. The summed E-state index contributed by atoms with van der Waals surface area (Å²) in [5.74, 6) is -0.00595. The third kappa shape index (κ3) is 3.01. The van der Waals surface area contributed by atoms with E-state index < -0.39 is 21.4 Å². The van der Waals surface area contributed by atoms with E-state index in [-0.39, 0.29) is 5.76 Å². The van der Waals surface area contributed by atoms with Gasteiger partial charge in [-0.15, -0.1) is 17.7 Å². The van der Waals surface area contributed by atoms with Crippen LogP contribution in [0.2, 0.25) is 0 Å². The van der Waals surface area contributed by atoms with Crippen molar-refractivity contribution in [1.29, 1.82) is 0 Å². The lowest BCUT2D eigenvalue weighted by atomic mass is 9.78. The minimum Gasteiger partial charge on any atom is -0.250 e. The van der Waals surface area contributed by atoms with Crippen molar-refractivity contribution in [3.8, 4) is 0 Å². The van der Waals surface area contributed by atoms with Crippen molar-refractivity contribution in [2.24, 2.45) is 5.41 Å². The maximum absolute atomic E-state index is 12.3. The van der Waals surface area contributed by atoms with Gasteiger partial charge >= 0.3 is 16.0 Å². The van der Waals surface area contributed by atoms with E-state index in [0.29, 0.717) is 18.4 Å². The molecule has 1 aliphatic carbocycles. The van der Waals surface area contributed by atoms with Crippen molar-refractivity contribution in [3.63, 3.8) is 0 Å². The molecule has 1 rings (SSSR count). The van der Waals surface area contributed by atoms with Crippen LogP contribution in [0.5, 0.6) is 0 Å². The summed E-state index contributed by atoms with van der Waals surface area (Å²) in [5, 5.41) is 0. The normalized spacial score (nSPS) is 24.4. The standard InChI is InChI=1S/C10H15F3O3S/c1-7-5-4-6-9(2,3)8(7)16-17(14,15)10(11,12)13/h4-6H2,1-3H3/p+1. The van der Waals surface area contributed by atoms with Gasteiger partial charge in [0.05, 0.1) is 0 Å². The SMILES string of the molecule is CC1=C(O[S+](=O)(O)C(F)(F)F)C(C)(C)CCC1. The number of hydrogen-bond acceptors (Lipinski definition) is 2. The maximum atomic E-state index is 12.3. The average molecular weight is 273 g/mol. The summed E-state index contributed by atoms with van der Waals surface area (Å²) in [5.41, 5.74) is -5.31. The number of halogens is 3. The Hall–Kier alpha value is -0.560. The summed E-state index contributed by atoms with van der Waals surface area (Å²) in [6.45, 7) is 5.04. The van der Waals surface area contributed by atoms with Crippen LogP contribution in [0, 0.1) is 5.41 Å². The predicted octanol–water partition coefficient (Wildman–Crippen LogP) is 3.89. The Labute approximate surface area is 99.5 Å². The Balaban J connectivity index is 3.06. The Bertz CT molecular complexity index is 385. The number of alkyl halides is 3. The lowest BCUT2D eigenvalue weighted by Crippen LogP contribution is -2.35. The van der Waals surface area contributed by atoms with Crippen LogP contribution in [0.25, 0.3) is 0 Å². The summed E-state index contributed by atoms with van der Waals surface area (Å²) in [6, 6.07) is 0. The fourth-order valence-corrected chi connectivity index (χ4v) is 2.63. The minimum atomic E-state index is -5.31. The van der Waals surface area contributed by atoms with E-state index in [4.69, 9.17) is 4.55 Å². The lowest BCUT2D eigenvalue weighted by Gasteiger charge is -2.31. The maximum Gasteiger partial charge on any atom is 0.650 e. The molecular weight excluding hydrogens is 257 g/mol. The van der Waals surface area contributed by atoms with Gasteiger partial charge in [0.15, 0.2) is 5.76 Å². The van der Waals surface area contributed by atoms with Crippen LogP contribution in [0.15, 0.2) is 11.3 Å². The quantitative estimate of drug-likeness (QED) is 0.776. The molecule has 100 valence electrons. The van der Waals surface area contributed by atoms with Gasteiger partial charge in [-0.3, -0.25) is 0 Å². The number of hydrogen-bond donors (Lipinski definition) is 1. The molecule has 0 heterocycles. The van der Waals surface area contributed by atoms with Crippen LogP contribution < -0.4 is 0 Å². The van der Waals surface area contributed by atoms with Crippen LogP contribution in [-0.2, 0) is 18.9 Å². The Morgan fingerprint density at radius 3 is 2.35 bits per heavy atom. The molecule has 0 saturated carbocycles. The summed E-state index contributed by atoms with van der Waals surface area (Å²) in [6.07, 6.45) is 2.06. The number of rotatable bonds is 2. The lowest BCUT2D eigenvalue weighted by molar-refractivity contribution is -0.0619. The van der Waals surface area contributed by atoms with Crippen molar-refractivity contribution in [2.45, 2.75) is 45.5 Å². The topological polar surface area (TPSA) is 46.5 Å². The zero-order valence-corrected chi connectivity index (χ0v) is 10.7. The molecule has 0 spiro atoms. The molecule has 1 N–H and O–H groups in total. The molecule has 0 fully saturated rings. The monoisotopic (exact) mass is 273 g/mol. The molecule has 0 aliphatic heterocycles. The molecule has 0 saturated heterocycles. The van der Waals surface area contributed by atoms with E-state index in [0.717, 1.165) is 6.42 Å². The minimum absolute atomic E-state index is 0.00595. The first kappa shape index (κ1) is 14.5. The highest BCUT2D eigenvalue weighted by Gasteiger charge is 2.64. The Morgan fingerprint density at radius 2 is 1.94 bits per heavy atom. The third-order valence-electron chi connectivity index (χ3n) is 2.84. The van der Waals surface area contributed by atoms with Gasteiger partial charge in [0.1, 0.15) is 0 Å². The third-order valence-corrected chi connectivity index (χ3v) is 3.82. The second-order valence-corrected chi connectivity index (χ2v) is 6.43. The highest BCUT2D eigenvalue weighted by Crippen LogP contribution is 2.44. The van der Waals surface area contributed by atoms with Crippen LogP contribution in [0.1, 0.15) is 40.0 Å². The summed E-state index contributed by atoms with van der Waals surface area (Å²) in [7, 11) is -5.31. The smallest absolute Gasteiger partial charge is 0.250 e.